The predicted molar refractivity (Wildman–Crippen MR) is 136 cm³/mol. The SMILES string of the molecule is C.Cn1c2c(c3ccc(-n4ccc(OCc5ccc(F)cn5)cc4=O)cc31)C1CCCCN1CC2. The van der Waals surface area contributed by atoms with Gasteiger partial charge in [-0.1, -0.05) is 19.9 Å². The first-order valence-corrected chi connectivity index (χ1v) is 11.9. The third-order valence-electron chi connectivity index (χ3n) is 7.28. The van der Waals surface area contributed by atoms with Crippen molar-refractivity contribution in [2.45, 2.75) is 45.8 Å². The molecule has 3 aromatic heterocycles. The summed E-state index contributed by atoms with van der Waals surface area (Å²) in [5, 5.41) is 1.30. The molecule has 35 heavy (non-hydrogen) atoms. The fourth-order valence-electron chi connectivity index (χ4n) is 5.58. The number of benzene rings is 1. The third kappa shape index (κ3) is 4.14. The largest absolute Gasteiger partial charge is 0.487 e. The first-order chi connectivity index (χ1) is 16.6. The first-order valence-electron chi connectivity index (χ1n) is 11.9. The molecule has 1 atom stereocenters. The highest BCUT2D eigenvalue weighted by Crippen LogP contribution is 2.42. The van der Waals surface area contributed by atoms with Crippen LogP contribution >= 0.6 is 0 Å². The summed E-state index contributed by atoms with van der Waals surface area (Å²) in [5.74, 6) is 0.0682. The van der Waals surface area contributed by atoms with E-state index in [9.17, 15) is 9.18 Å². The molecule has 5 heterocycles. The monoisotopic (exact) mass is 474 g/mol. The third-order valence-corrected chi connectivity index (χ3v) is 7.28. The molecule has 7 heteroatoms. The number of halogens is 1. The van der Waals surface area contributed by atoms with Gasteiger partial charge in [-0.15, -0.1) is 0 Å². The van der Waals surface area contributed by atoms with E-state index in [1.54, 1.807) is 22.9 Å². The zero-order valence-electron chi connectivity index (χ0n) is 19.2. The van der Waals surface area contributed by atoms with Crippen molar-refractivity contribution < 1.29 is 9.13 Å². The van der Waals surface area contributed by atoms with E-state index in [1.165, 1.54) is 60.1 Å². The lowest BCUT2D eigenvalue weighted by molar-refractivity contribution is 0.138. The molecule has 1 aromatic carbocycles. The van der Waals surface area contributed by atoms with Crippen LogP contribution in [-0.4, -0.2) is 32.1 Å². The summed E-state index contributed by atoms with van der Waals surface area (Å²) in [7, 11) is 2.15. The Kier molecular flexibility index (Phi) is 6.19. The van der Waals surface area contributed by atoms with Crippen LogP contribution in [0, 0.1) is 5.82 Å². The zero-order valence-corrected chi connectivity index (χ0v) is 19.2. The maximum absolute atomic E-state index is 13.0. The molecule has 0 radical (unpaired) electrons. The molecule has 182 valence electrons. The molecule has 0 amide bonds. The standard InChI is InChI=1S/C27H27FN4O2.CH4/c1-30-23-10-12-31-11-3-2-4-24(31)27(23)22-8-7-20(14-25(22)30)32-13-9-21(15-26(32)33)34-17-19-6-5-18(28)16-29-19;/h5-9,13-16,24H,2-4,10-12,17H2,1H3;1H4. The minimum Gasteiger partial charge on any atom is -0.487 e. The highest BCUT2D eigenvalue weighted by Gasteiger charge is 2.33. The Morgan fingerprint density at radius 2 is 2.00 bits per heavy atom. The van der Waals surface area contributed by atoms with Gasteiger partial charge in [0.2, 0.25) is 0 Å². The summed E-state index contributed by atoms with van der Waals surface area (Å²) in [5.41, 5.74) is 5.36. The van der Waals surface area contributed by atoms with Gasteiger partial charge in [0.25, 0.3) is 5.56 Å². The van der Waals surface area contributed by atoms with Crippen molar-refractivity contribution >= 4 is 10.9 Å². The molecule has 0 aliphatic carbocycles. The second-order valence-electron chi connectivity index (χ2n) is 9.25. The normalized spacial score (nSPS) is 17.5. The second-order valence-corrected chi connectivity index (χ2v) is 9.25. The van der Waals surface area contributed by atoms with Crippen molar-refractivity contribution in [3.8, 4) is 11.4 Å². The average molecular weight is 475 g/mol. The lowest BCUT2D eigenvalue weighted by atomic mass is 9.89. The van der Waals surface area contributed by atoms with Crippen LogP contribution in [0.5, 0.6) is 5.75 Å². The molecule has 0 N–H and O–H groups in total. The van der Waals surface area contributed by atoms with E-state index in [1.807, 2.05) is 6.07 Å². The number of hydrogen-bond acceptors (Lipinski definition) is 4. The summed E-state index contributed by atoms with van der Waals surface area (Å²) in [6.45, 7) is 2.49. The lowest BCUT2D eigenvalue weighted by Gasteiger charge is -2.39. The van der Waals surface area contributed by atoms with Crippen molar-refractivity contribution in [3.05, 3.63) is 88.0 Å². The lowest BCUT2D eigenvalue weighted by Crippen LogP contribution is -2.38. The van der Waals surface area contributed by atoms with Crippen LogP contribution in [0.15, 0.2) is 59.7 Å². The number of hydrogen-bond donors (Lipinski definition) is 0. The predicted octanol–water partition coefficient (Wildman–Crippen LogP) is 5.16. The minimum absolute atomic E-state index is 0. The maximum Gasteiger partial charge on any atom is 0.258 e. The molecule has 6 rings (SSSR count). The molecule has 1 saturated heterocycles. The Balaban J connectivity index is 0.00000253. The van der Waals surface area contributed by atoms with Gasteiger partial charge in [-0.05, 0) is 55.3 Å². The van der Waals surface area contributed by atoms with Crippen LogP contribution in [0.2, 0.25) is 0 Å². The van der Waals surface area contributed by atoms with Gasteiger partial charge in [0, 0.05) is 49.4 Å². The molecule has 1 fully saturated rings. The van der Waals surface area contributed by atoms with Crippen molar-refractivity contribution in [2.24, 2.45) is 7.05 Å². The Hall–Kier alpha value is -3.45. The molecule has 2 aliphatic rings. The van der Waals surface area contributed by atoms with E-state index in [0.717, 1.165) is 24.8 Å². The number of pyridine rings is 2. The Morgan fingerprint density at radius 3 is 2.80 bits per heavy atom. The molecule has 6 nitrogen and oxygen atoms in total. The number of fused-ring (bicyclic) bond motifs is 5. The summed E-state index contributed by atoms with van der Waals surface area (Å²) >= 11 is 0. The number of nitrogens with zero attached hydrogens (tertiary/aromatic N) is 4. The van der Waals surface area contributed by atoms with Crippen LogP contribution in [0.3, 0.4) is 0 Å². The summed E-state index contributed by atoms with van der Waals surface area (Å²) < 4.78 is 22.7. The fraction of sp³-hybridized carbons (Fsp3) is 0.357. The minimum atomic E-state index is -0.390. The molecular weight excluding hydrogens is 443 g/mol. The van der Waals surface area contributed by atoms with E-state index in [4.69, 9.17) is 4.74 Å². The molecule has 0 bridgehead atoms. The van der Waals surface area contributed by atoms with Gasteiger partial charge in [0.15, 0.2) is 0 Å². The van der Waals surface area contributed by atoms with Crippen molar-refractivity contribution in [3.63, 3.8) is 0 Å². The molecule has 0 spiro atoms. The molecular formula is C28H31FN4O2. The highest BCUT2D eigenvalue weighted by atomic mass is 19.1. The summed E-state index contributed by atoms with van der Waals surface area (Å²) in [4.78, 5) is 19.5. The fourth-order valence-corrected chi connectivity index (χ4v) is 5.58. The van der Waals surface area contributed by atoms with Gasteiger partial charge in [0.05, 0.1) is 23.1 Å². The summed E-state index contributed by atoms with van der Waals surface area (Å²) in [6.07, 6.45) is 7.77. The van der Waals surface area contributed by atoms with Gasteiger partial charge < -0.3 is 9.30 Å². The molecule has 1 unspecified atom stereocenters. The zero-order chi connectivity index (χ0) is 23.2. The van der Waals surface area contributed by atoms with E-state index in [0.29, 0.717) is 17.5 Å². The number of ether oxygens (including phenoxy) is 1. The van der Waals surface area contributed by atoms with Crippen molar-refractivity contribution in [2.75, 3.05) is 13.1 Å². The Morgan fingerprint density at radius 1 is 1.11 bits per heavy atom. The number of aryl methyl sites for hydroxylation is 1. The Labute approximate surface area is 204 Å². The summed E-state index contributed by atoms with van der Waals surface area (Å²) in [6, 6.07) is 13.0. The van der Waals surface area contributed by atoms with Gasteiger partial charge in [-0.2, -0.15) is 0 Å². The van der Waals surface area contributed by atoms with E-state index >= 15 is 0 Å². The number of aromatic nitrogens is 3. The maximum atomic E-state index is 13.0. The van der Waals surface area contributed by atoms with Gasteiger partial charge >= 0.3 is 0 Å². The second kappa shape index (κ2) is 9.30. The molecule has 2 aliphatic heterocycles. The van der Waals surface area contributed by atoms with Gasteiger partial charge in [-0.25, -0.2) is 4.39 Å². The van der Waals surface area contributed by atoms with Crippen LogP contribution in [-0.2, 0) is 20.1 Å². The van der Waals surface area contributed by atoms with E-state index < -0.39 is 5.82 Å². The van der Waals surface area contributed by atoms with Crippen molar-refractivity contribution in [1.82, 2.24) is 19.0 Å². The van der Waals surface area contributed by atoms with Crippen LogP contribution < -0.4 is 10.3 Å². The molecule has 4 aromatic rings. The van der Waals surface area contributed by atoms with E-state index in [2.05, 4.69) is 33.6 Å². The Bertz CT molecular complexity index is 1420. The average Bonchev–Trinajstić information content (AvgIpc) is 3.15. The quantitative estimate of drug-likeness (QED) is 0.410. The van der Waals surface area contributed by atoms with Gasteiger partial charge in [-0.3, -0.25) is 19.2 Å². The number of piperidine rings is 1. The van der Waals surface area contributed by atoms with Crippen molar-refractivity contribution in [1.29, 1.82) is 0 Å². The van der Waals surface area contributed by atoms with Crippen LogP contribution in [0.25, 0.3) is 16.6 Å². The smallest absolute Gasteiger partial charge is 0.258 e. The van der Waals surface area contributed by atoms with Crippen LogP contribution in [0.1, 0.15) is 49.7 Å². The van der Waals surface area contributed by atoms with Gasteiger partial charge in [0.1, 0.15) is 18.2 Å². The van der Waals surface area contributed by atoms with E-state index in [-0.39, 0.29) is 19.6 Å². The highest BCUT2D eigenvalue weighted by molar-refractivity contribution is 5.88. The van der Waals surface area contributed by atoms with Crippen LogP contribution in [0.4, 0.5) is 4.39 Å². The first kappa shape index (κ1) is 23.3. The topological polar surface area (TPSA) is 52.3 Å². The number of rotatable bonds is 4. The molecule has 0 saturated carbocycles.